The summed E-state index contributed by atoms with van der Waals surface area (Å²) < 4.78 is 29.4. The SMILES string of the molecule is CS(=O)(=O)N1CCN(c2nc(CCl)co2)CC1. The summed E-state index contributed by atoms with van der Waals surface area (Å²) in [6.07, 6.45) is 2.74. The van der Waals surface area contributed by atoms with E-state index in [9.17, 15) is 8.42 Å². The van der Waals surface area contributed by atoms with Crippen LogP contribution >= 0.6 is 11.6 Å². The Morgan fingerprint density at radius 2 is 2.06 bits per heavy atom. The van der Waals surface area contributed by atoms with Crippen molar-refractivity contribution in [2.45, 2.75) is 5.88 Å². The Kier molecular flexibility index (Phi) is 3.60. The Morgan fingerprint density at radius 3 is 2.53 bits per heavy atom. The van der Waals surface area contributed by atoms with Crippen molar-refractivity contribution < 1.29 is 12.8 Å². The summed E-state index contributed by atoms with van der Waals surface area (Å²) in [5, 5.41) is 0. The summed E-state index contributed by atoms with van der Waals surface area (Å²) in [5.74, 6) is 0.312. The Bertz CT molecular complexity index is 479. The number of halogens is 1. The molecule has 0 unspecified atom stereocenters. The van der Waals surface area contributed by atoms with Gasteiger partial charge in [-0.1, -0.05) is 0 Å². The minimum Gasteiger partial charge on any atom is -0.432 e. The highest BCUT2D eigenvalue weighted by molar-refractivity contribution is 7.88. The lowest BCUT2D eigenvalue weighted by Gasteiger charge is -2.32. The second-order valence-corrected chi connectivity index (χ2v) is 6.15. The van der Waals surface area contributed by atoms with Gasteiger partial charge in [0.1, 0.15) is 6.26 Å². The van der Waals surface area contributed by atoms with Crippen molar-refractivity contribution in [3.05, 3.63) is 12.0 Å². The molecule has 96 valence electrons. The fourth-order valence-corrected chi connectivity index (χ4v) is 2.66. The molecule has 0 bridgehead atoms. The van der Waals surface area contributed by atoms with Crippen LogP contribution in [0.25, 0.3) is 0 Å². The average Bonchev–Trinajstić information content (AvgIpc) is 2.76. The molecule has 17 heavy (non-hydrogen) atoms. The molecule has 0 aliphatic carbocycles. The molecule has 8 heteroatoms. The van der Waals surface area contributed by atoms with Gasteiger partial charge in [0.15, 0.2) is 0 Å². The number of hydrogen-bond acceptors (Lipinski definition) is 5. The maximum atomic E-state index is 11.3. The number of sulfonamides is 1. The summed E-state index contributed by atoms with van der Waals surface area (Å²) in [6.45, 7) is 2.07. The number of hydrogen-bond donors (Lipinski definition) is 0. The number of oxazole rings is 1. The molecule has 2 rings (SSSR count). The van der Waals surface area contributed by atoms with E-state index in [1.54, 1.807) is 0 Å². The van der Waals surface area contributed by atoms with Crippen LogP contribution in [0.1, 0.15) is 5.69 Å². The minimum absolute atomic E-state index is 0.312. The number of nitrogens with zero attached hydrogens (tertiary/aromatic N) is 3. The third-order valence-electron chi connectivity index (χ3n) is 2.65. The summed E-state index contributed by atoms with van der Waals surface area (Å²) >= 11 is 5.63. The van der Waals surface area contributed by atoms with Crippen molar-refractivity contribution >= 4 is 27.6 Å². The van der Waals surface area contributed by atoms with Gasteiger partial charge in [0.2, 0.25) is 10.0 Å². The van der Waals surface area contributed by atoms with Crippen molar-refractivity contribution in [1.29, 1.82) is 0 Å². The van der Waals surface area contributed by atoms with Gasteiger partial charge in [0, 0.05) is 26.2 Å². The molecule has 0 spiro atoms. The third-order valence-corrected chi connectivity index (χ3v) is 4.23. The van der Waals surface area contributed by atoms with Crippen LogP contribution in [-0.2, 0) is 15.9 Å². The predicted octanol–water partition coefficient (Wildman–Crippen LogP) is 0.495. The van der Waals surface area contributed by atoms with E-state index in [-0.39, 0.29) is 0 Å². The lowest BCUT2D eigenvalue weighted by atomic mass is 10.4. The standard InChI is InChI=1S/C9H14ClN3O3S/c1-17(14,15)13-4-2-12(3-5-13)9-11-8(6-10)7-16-9/h7H,2-6H2,1H3. The smallest absolute Gasteiger partial charge is 0.297 e. The van der Waals surface area contributed by atoms with Crippen LogP contribution in [0.5, 0.6) is 0 Å². The number of anilines is 1. The van der Waals surface area contributed by atoms with Crippen molar-refractivity contribution in [2.24, 2.45) is 0 Å². The predicted molar refractivity (Wildman–Crippen MR) is 64.7 cm³/mol. The molecule has 1 aromatic rings. The zero-order valence-electron chi connectivity index (χ0n) is 9.47. The van der Waals surface area contributed by atoms with Gasteiger partial charge in [-0.15, -0.1) is 11.6 Å². The van der Waals surface area contributed by atoms with Crippen LogP contribution in [0.4, 0.5) is 6.01 Å². The lowest BCUT2D eigenvalue weighted by molar-refractivity contribution is 0.374. The van der Waals surface area contributed by atoms with E-state index in [0.29, 0.717) is 43.8 Å². The Labute approximate surface area is 105 Å². The first kappa shape index (κ1) is 12.7. The highest BCUT2D eigenvalue weighted by Crippen LogP contribution is 2.17. The molecule has 1 saturated heterocycles. The van der Waals surface area contributed by atoms with E-state index in [1.165, 1.54) is 16.8 Å². The molecule has 1 fully saturated rings. The van der Waals surface area contributed by atoms with Gasteiger partial charge in [-0.05, 0) is 0 Å². The van der Waals surface area contributed by atoms with Gasteiger partial charge in [0.05, 0.1) is 17.8 Å². The first-order chi connectivity index (χ1) is 8.00. The van der Waals surface area contributed by atoms with Crippen molar-refractivity contribution in [1.82, 2.24) is 9.29 Å². The molecule has 0 aromatic carbocycles. The van der Waals surface area contributed by atoms with Crippen molar-refractivity contribution in [3.8, 4) is 0 Å². The molecule has 0 atom stereocenters. The van der Waals surface area contributed by atoms with Crippen LogP contribution in [0, 0.1) is 0 Å². The van der Waals surface area contributed by atoms with Gasteiger partial charge in [-0.2, -0.15) is 9.29 Å². The van der Waals surface area contributed by atoms with E-state index < -0.39 is 10.0 Å². The molecule has 0 saturated carbocycles. The summed E-state index contributed by atoms with van der Waals surface area (Å²) in [4.78, 5) is 6.11. The third kappa shape index (κ3) is 2.91. The molecule has 1 aromatic heterocycles. The second-order valence-electron chi connectivity index (χ2n) is 3.90. The zero-order chi connectivity index (χ0) is 12.5. The van der Waals surface area contributed by atoms with Gasteiger partial charge in [-0.3, -0.25) is 0 Å². The topological polar surface area (TPSA) is 66.7 Å². The van der Waals surface area contributed by atoms with E-state index >= 15 is 0 Å². The second kappa shape index (κ2) is 4.83. The monoisotopic (exact) mass is 279 g/mol. The van der Waals surface area contributed by atoms with E-state index in [2.05, 4.69) is 4.98 Å². The summed E-state index contributed by atoms with van der Waals surface area (Å²) in [6, 6.07) is 0.508. The Balaban J connectivity index is 1.99. The van der Waals surface area contributed by atoms with Crippen molar-refractivity contribution in [3.63, 3.8) is 0 Å². The fourth-order valence-electron chi connectivity index (χ4n) is 1.71. The first-order valence-corrected chi connectivity index (χ1v) is 7.59. The number of alkyl halides is 1. The normalized spacial score (nSPS) is 18.6. The van der Waals surface area contributed by atoms with E-state index in [1.807, 2.05) is 4.90 Å². The molecule has 2 heterocycles. The number of aromatic nitrogens is 1. The molecule has 0 N–H and O–H groups in total. The minimum atomic E-state index is -3.10. The van der Waals surface area contributed by atoms with Gasteiger partial charge in [0.25, 0.3) is 6.01 Å². The number of piperazine rings is 1. The molecule has 0 radical (unpaired) electrons. The molecule has 1 aliphatic heterocycles. The Morgan fingerprint density at radius 1 is 1.41 bits per heavy atom. The van der Waals surface area contributed by atoms with E-state index in [4.69, 9.17) is 16.0 Å². The summed E-state index contributed by atoms with van der Waals surface area (Å²) in [7, 11) is -3.10. The maximum absolute atomic E-state index is 11.3. The molecular formula is C9H14ClN3O3S. The van der Waals surface area contributed by atoms with Crippen molar-refractivity contribution in [2.75, 3.05) is 37.3 Å². The van der Waals surface area contributed by atoms with Crippen LogP contribution in [0.15, 0.2) is 10.7 Å². The van der Waals surface area contributed by atoms with Crippen LogP contribution in [-0.4, -0.2) is 50.1 Å². The molecule has 0 amide bonds. The Hall–Kier alpha value is -0.790. The van der Waals surface area contributed by atoms with Gasteiger partial charge < -0.3 is 9.32 Å². The zero-order valence-corrected chi connectivity index (χ0v) is 11.0. The quantitative estimate of drug-likeness (QED) is 0.754. The largest absolute Gasteiger partial charge is 0.432 e. The fraction of sp³-hybridized carbons (Fsp3) is 0.667. The van der Waals surface area contributed by atoms with Gasteiger partial charge in [-0.25, -0.2) is 8.42 Å². The molecular weight excluding hydrogens is 266 g/mol. The lowest BCUT2D eigenvalue weighted by Crippen LogP contribution is -2.48. The average molecular weight is 280 g/mol. The number of rotatable bonds is 3. The maximum Gasteiger partial charge on any atom is 0.297 e. The summed E-state index contributed by atoms with van der Waals surface area (Å²) in [5.41, 5.74) is 0.687. The van der Waals surface area contributed by atoms with Crippen LogP contribution < -0.4 is 4.90 Å². The van der Waals surface area contributed by atoms with Gasteiger partial charge >= 0.3 is 0 Å². The van der Waals surface area contributed by atoms with E-state index in [0.717, 1.165) is 0 Å². The van der Waals surface area contributed by atoms with Crippen LogP contribution in [0.2, 0.25) is 0 Å². The highest BCUT2D eigenvalue weighted by atomic mass is 35.5. The molecule has 6 nitrogen and oxygen atoms in total. The highest BCUT2D eigenvalue weighted by Gasteiger charge is 2.25. The molecule has 1 aliphatic rings. The van der Waals surface area contributed by atoms with Crippen LogP contribution in [0.3, 0.4) is 0 Å². The first-order valence-electron chi connectivity index (χ1n) is 5.21.